The molecule has 0 aliphatic heterocycles. The number of amides is 1. The van der Waals surface area contributed by atoms with E-state index in [2.05, 4.69) is 0 Å². The first-order valence-electron chi connectivity index (χ1n) is 7.76. The van der Waals surface area contributed by atoms with Crippen LogP contribution in [0, 0.1) is 13.8 Å². The number of aryl methyl sites for hydroxylation is 1. The van der Waals surface area contributed by atoms with Crippen molar-refractivity contribution in [3.05, 3.63) is 64.7 Å². The zero-order valence-electron chi connectivity index (χ0n) is 14.7. The number of rotatable bonds is 4. The highest BCUT2D eigenvalue weighted by atomic mass is 32.2. The Labute approximate surface area is 144 Å². The molecule has 0 saturated carbocycles. The molecule has 0 aliphatic carbocycles. The molecule has 2 aromatic rings. The number of carbonyl (C=O) groups excluding carboxylic acids is 1. The third-order valence-corrected chi connectivity index (χ3v) is 5.66. The molecule has 1 atom stereocenters. The zero-order valence-corrected chi connectivity index (χ0v) is 15.5. The Morgan fingerprint density at radius 2 is 1.62 bits per heavy atom. The van der Waals surface area contributed by atoms with Crippen LogP contribution in [-0.4, -0.2) is 32.5 Å². The van der Waals surface area contributed by atoms with Crippen molar-refractivity contribution in [2.75, 3.05) is 13.3 Å². The molecule has 1 unspecified atom stereocenters. The lowest BCUT2D eigenvalue weighted by molar-refractivity contribution is 0.0741. The van der Waals surface area contributed by atoms with E-state index in [1.165, 1.54) is 6.26 Å². The maximum atomic E-state index is 12.8. The number of benzene rings is 2. The lowest BCUT2D eigenvalue weighted by Crippen LogP contribution is -2.30. The van der Waals surface area contributed by atoms with Gasteiger partial charge in [-0.2, -0.15) is 0 Å². The van der Waals surface area contributed by atoms with Gasteiger partial charge in [0.1, 0.15) is 0 Å². The number of carbonyl (C=O) groups is 1. The molecule has 0 aliphatic rings. The van der Waals surface area contributed by atoms with Gasteiger partial charge in [0.15, 0.2) is 9.84 Å². The molecule has 0 N–H and O–H groups in total. The fourth-order valence-electron chi connectivity index (χ4n) is 2.57. The minimum atomic E-state index is -3.22. The Bertz CT molecular complexity index is 855. The predicted molar refractivity (Wildman–Crippen MR) is 96.0 cm³/mol. The summed E-state index contributed by atoms with van der Waals surface area (Å²) in [5.74, 6) is -0.0455. The van der Waals surface area contributed by atoms with Crippen molar-refractivity contribution >= 4 is 15.7 Å². The van der Waals surface area contributed by atoms with Crippen LogP contribution in [-0.2, 0) is 9.84 Å². The quantitative estimate of drug-likeness (QED) is 0.852. The molecule has 1 amide bonds. The van der Waals surface area contributed by atoms with E-state index in [1.807, 2.05) is 39.0 Å². The molecule has 2 aromatic carbocycles. The van der Waals surface area contributed by atoms with Crippen molar-refractivity contribution in [3.63, 3.8) is 0 Å². The monoisotopic (exact) mass is 345 g/mol. The Morgan fingerprint density at radius 3 is 2.17 bits per heavy atom. The SMILES string of the molecule is Cc1cccc(C(=O)N(C)C(C)c2ccc(S(C)(=O)=O)cc2)c1C. The van der Waals surface area contributed by atoms with Gasteiger partial charge >= 0.3 is 0 Å². The Hall–Kier alpha value is -2.14. The van der Waals surface area contributed by atoms with Gasteiger partial charge in [0, 0.05) is 18.9 Å². The largest absolute Gasteiger partial charge is 0.335 e. The average molecular weight is 345 g/mol. The Morgan fingerprint density at radius 1 is 1.04 bits per heavy atom. The van der Waals surface area contributed by atoms with Gasteiger partial charge in [0.05, 0.1) is 10.9 Å². The standard InChI is InChI=1S/C19H23NO3S/c1-13-7-6-8-18(14(13)2)19(21)20(4)15(3)16-9-11-17(12-10-16)24(5,22)23/h6-12,15H,1-5H3. The smallest absolute Gasteiger partial charge is 0.254 e. The van der Waals surface area contributed by atoms with Gasteiger partial charge < -0.3 is 4.90 Å². The van der Waals surface area contributed by atoms with Gasteiger partial charge in [-0.05, 0) is 55.7 Å². The third-order valence-electron chi connectivity index (χ3n) is 4.53. The summed E-state index contributed by atoms with van der Waals surface area (Å²) in [7, 11) is -1.45. The van der Waals surface area contributed by atoms with E-state index in [0.717, 1.165) is 16.7 Å². The van der Waals surface area contributed by atoms with E-state index in [9.17, 15) is 13.2 Å². The van der Waals surface area contributed by atoms with Gasteiger partial charge in [-0.25, -0.2) is 8.42 Å². The molecule has 0 spiro atoms. The van der Waals surface area contributed by atoms with Crippen LogP contribution in [0.4, 0.5) is 0 Å². The van der Waals surface area contributed by atoms with Gasteiger partial charge in [0.2, 0.25) is 0 Å². The molecule has 24 heavy (non-hydrogen) atoms. The normalized spacial score (nSPS) is 12.7. The highest BCUT2D eigenvalue weighted by molar-refractivity contribution is 7.90. The van der Waals surface area contributed by atoms with Crippen LogP contribution < -0.4 is 0 Å². The lowest BCUT2D eigenvalue weighted by atomic mass is 10.0. The Kier molecular flexibility index (Phi) is 5.13. The van der Waals surface area contributed by atoms with E-state index < -0.39 is 9.84 Å². The average Bonchev–Trinajstić information content (AvgIpc) is 2.54. The molecule has 0 bridgehead atoms. The van der Waals surface area contributed by atoms with Crippen molar-refractivity contribution in [1.82, 2.24) is 4.90 Å². The molecule has 0 radical (unpaired) electrons. The number of hydrogen-bond acceptors (Lipinski definition) is 3. The molecule has 0 heterocycles. The molecule has 4 nitrogen and oxygen atoms in total. The van der Waals surface area contributed by atoms with Crippen molar-refractivity contribution in [1.29, 1.82) is 0 Å². The first-order chi connectivity index (χ1) is 11.1. The second kappa shape index (κ2) is 6.77. The predicted octanol–water partition coefficient (Wildman–Crippen LogP) is 3.54. The van der Waals surface area contributed by atoms with E-state index in [1.54, 1.807) is 36.2 Å². The number of hydrogen-bond donors (Lipinski definition) is 0. The van der Waals surface area contributed by atoms with Crippen molar-refractivity contribution in [2.24, 2.45) is 0 Å². The molecular weight excluding hydrogens is 322 g/mol. The van der Waals surface area contributed by atoms with Crippen LogP contribution >= 0.6 is 0 Å². The van der Waals surface area contributed by atoms with Crippen LogP contribution in [0.5, 0.6) is 0 Å². The first kappa shape index (κ1) is 18.2. The minimum Gasteiger partial charge on any atom is -0.335 e. The van der Waals surface area contributed by atoms with Crippen LogP contribution in [0.15, 0.2) is 47.4 Å². The molecule has 5 heteroatoms. The van der Waals surface area contributed by atoms with Gasteiger partial charge in [-0.3, -0.25) is 4.79 Å². The topological polar surface area (TPSA) is 54.5 Å². The van der Waals surface area contributed by atoms with Crippen LogP contribution in [0.25, 0.3) is 0 Å². The third kappa shape index (κ3) is 3.67. The molecule has 0 aromatic heterocycles. The van der Waals surface area contributed by atoms with E-state index in [-0.39, 0.29) is 16.8 Å². The fraction of sp³-hybridized carbons (Fsp3) is 0.316. The molecular formula is C19H23NO3S. The van der Waals surface area contributed by atoms with Gasteiger partial charge in [0.25, 0.3) is 5.91 Å². The highest BCUT2D eigenvalue weighted by Crippen LogP contribution is 2.24. The van der Waals surface area contributed by atoms with Crippen molar-refractivity contribution < 1.29 is 13.2 Å². The summed E-state index contributed by atoms with van der Waals surface area (Å²) in [6.45, 7) is 5.86. The Balaban J connectivity index is 2.27. The van der Waals surface area contributed by atoms with Crippen LogP contribution in [0.3, 0.4) is 0 Å². The minimum absolute atomic E-state index is 0.0455. The van der Waals surface area contributed by atoms with Gasteiger partial charge in [-0.15, -0.1) is 0 Å². The number of sulfone groups is 1. The summed E-state index contributed by atoms with van der Waals surface area (Å²) in [6, 6.07) is 12.2. The molecule has 0 saturated heterocycles. The van der Waals surface area contributed by atoms with Crippen molar-refractivity contribution in [2.45, 2.75) is 31.7 Å². The number of nitrogens with zero attached hydrogens (tertiary/aromatic N) is 1. The summed E-state index contributed by atoms with van der Waals surface area (Å²) < 4.78 is 23.1. The maximum absolute atomic E-state index is 12.8. The van der Waals surface area contributed by atoms with E-state index >= 15 is 0 Å². The molecule has 128 valence electrons. The fourth-order valence-corrected chi connectivity index (χ4v) is 3.20. The lowest BCUT2D eigenvalue weighted by Gasteiger charge is -2.26. The van der Waals surface area contributed by atoms with Crippen LogP contribution in [0.2, 0.25) is 0 Å². The maximum Gasteiger partial charge on any atom is 0.254 e. The molecule has 0 fully saturated rings. The van der Waals surface area contributed by atoms with Crippen LogP contribution in [0.1, 0.15) is 40.0 Å². The summed E-state index contributed by atoms with van der Waals surface area (Å²) >= 11 is 0. The van der Waals surface area contributed by atoms with Gasteiger partial charge in [-0.1, -0.05) is 24.3 Å². The molecule has 2 rings (SSSR count). The second-order valence-corrected chi connectivity index (χ2v) is 8.20. The summed E-state index contributed by atoms with van der Waals surface area (Å²) in [6.07, 6.45) is 1.18. The zero-order chi connectivity index (χ0) is 18.1. The summed E-state index contributed by atoms with van der Waals surface area (Å²) in [5, 5.41) is 0. The summed E-state index contributed by atoms with van der Waals surface area (Å²) in [4.78, 5) is 14.7. The van der Waals surface area contributed by atoms with Crippen molar-refractivity contribution in [3.8, 4) is 0 Å². The van der Waals surface area contributed by atoms with E-state index in [0.29, 0.717) is 5.56 Å². The second-order valence-electron chi connectivity index (χ2n) is 6.18. The van der Waals surface area contributed by atoms with E-state index in [4.69, 9.17) is 0 Å². The summed E-state index contributed by atoms with van der Waals surface area (Å²) in [5.41, 5.74) is 3.65. The first-order valence-corrected chi connectivity index (χ1v) is 9.65. The highest BCUT2D eigenvalue weighted by Gasteiger charge is 2.21.